The third-order valence-electron chi connectivity index (χ3n) is 2.42. The Labute approximate surface area is 114 Å². The lowest BCUT2D eigenvalue weighted by Crippen LogP contribution is -2.17. The number of nitrogens with zero attached hydrogens (tertiary/aromatic N) is 1. The molecule has 8 nitrogen and oxygen atoms in total. The number of aromatic hydroxyl groups is 2. The first kappa shape index (κ1) is 15.3. The van der Waals surface area contributed by atoms with Crippen LogP contribution < -0.4 is 5.32 Å². The van der Waals surface area contributed by atoms with Gasteiger partial charge in [0.05, 0.1) is 12.4 Å². The molecule has 2 rings (SSSR count). The molecule has 1 atom stereocenters. The summed E-state index contributed by atoms with van der Waals surface area (Å²) in [7, 11) is 0. The van der Waals surface area contributed by atoms with E-state index in [9.17, 15) is 5.11 Å². The van der Waals surface area contributed by atoms with Gasteiger partial charge in [0.15, 0.2) is 11.5 Å². The molecule has 1 aliphatic heterocycles. The Hall–Kier alpha value is -2.77. The van der Waals surface area contributed by atoms with Crippen LogP contribution in [0, 0.1) is 0 Å². The number of nitrogens with one attached hydrogen (secondary N) is 1. The van der Waals surface area contributed by atoms with Crippen molar-refractivity contribution in [2.24, 2.45) is 4.99 Å². The van der Waals surface area contributed by atoms with E-state index in [1.165, 1.54) is 6.07 Å². The fourth-order valence-electron chi connectivity index (χ4n) is 1.49. The Kier molecular flexibility index (Phi) is 5.33. The maximum Gasteiger partial charge on any atom is 0.414 e. The van der Waals surface area contributed by atoms with E-state index in [4.69, 9.17) is 24.9 Å². The van der Waals surface area contributed by atoms with Gasteiger partial charge in [-0.05, 0) is 24.1 Å². The normalized spacial score (nSPS) is 15.9. The van der Waals surface area contributed by atoms with Gasteiger partial charge in [-0.3, -0.25) is 4.99 Å². The zero-order chi connectivity index (χ0) is 15.1. The molecular formula is C12H14N2O6. The highest BCUT2D eigenvalue weighted by Gasteiger charge is 2.11. The van der Waals surface area contributed by atoms with Crippen LogP contribution in [-0.4, -0.2) is 51.3 Å². The Morgan fingerprint density at radius 2 is 1.85 bits per heavy atom. The number of aliphatic carboxylic acids is 2. The van der Waals surface area contributed by atoms with Crippen LogP contribution in [0.5, 0.6) is 11.5 Å². The summed E-state index contributed by atoms with van der Waals surface area (Å²) in [5.74, 6) is -3.80. The number of carbonyl (C=O) groups is 2. The number of carboxylic acids is 2. The Morgan fingerprint density at radius 1 is 1.20 bits per heavy atom. The smallest absolute Gasteiger partial charge is 0.414 e. The predicted octanol–water partition coefficient (Wildman–Crippen LogP) is -0.204. The molecule has 0 fully saturated rings. The largest absolute Gasteiger partial charge is 0.504 e. The molecule has 5 N–H and O–H groups in total. The van der Waals surface area contributed by atoms with Crippen molar-refractivity contribution in [2.75, 3.05) is 6.54 Å². The lowest BCUT2D eigenvalue weighted by atomic mass is 10.1. The summed E-state index contributed by atoms with van der Waals surface area (Å²) in [4.78, 5) is 22.4. The summed E-state index contributed by atoms with van der Waals surface area (Å²) in [6.45, 7) is 0.835. The summed E-state index contributed by atoms with van der Waals surface area (Å²) >= 11 is 0. The number of carboxylic acid groups (broad SMARTS) is 2. The van der Waals surface area contributed by atoms with Crippen molar-refractivity contribution in [3.05, 3.63) is 23.8 Å². The second-order valence-corrected chi connectivity index (χ2v) is 3.98. The lowest BCUT2D eigenvalue weighted by molar-refractivity contribution is -0.159. The molecule has 0 spiro atoms. The summed E-state index contributed by atoms with van der Waals surface area (Å²) in [6, 6.07) is 5.10. The van der Waals surface area contributed by atoms with E-state index < -0.39 is 11.9 Å². The zero-order valence-electron chi connectivity index (χ0n) is 10.4. The average molecular weight is 282 g/mol. The molecule has 108 valence electrons. The fraction of sp³-hybridized carbons (Fsp3) is 0.250. The van der Waals surface area contributed by atoms with Crippen molar-refractivity contribution in [3.8, 4) is 11.5 Å². The van der Waals surface area contributed by atoms with Gasteiger partial charge < -0.3 is 25.7 Å². The predicted molar refractivity (Wildman–Crippen MR) is 69.0 cm³/mol. The van der Waals surface area contributed by atoms with Crippen LogP contribution >= 0.6 is 0 Å². The molecule has 0 aromatic heterocycles. The first-order valence-electron chi connectivity index (χ1n) is 5.62. The molecule has 0 unspecified atom stereocenters. The first-order valence-corrected chi connectivity index (χ1v) is 5.62. The van der Waals surface area contributed by atoms with Gasteiger partial charge in [-0.25, -0.2) is 9.59 Å². The molecule has 0 saturated carbocycles. The van der Waals surface area contributed by atoms with Gasteiger partial charge in [0, 0.05) is 6.54 Å². The lowest BCUT2D eigenvalue weighted by Gasteiger charge is -2.07. The second-order valence-electron chi connectivity index (χ2n) is 3.98. The molecule has 0 aliphatic carbocycles. The van der Waals surface area contributed by atoms with Crippen LogP contribution in [0.4, 0.5) is 0 Å². The van der Waals surface area contributed by atoms with Crippen LogP contribution in [0.25, 0.3) is 0 Å². The van der Waals surface area contributed by atoms with Crippen molar-refractivity contribution in [1.29, 1.82) is 0 Å². The summed E-state index contributed by atoms with van der Waals surface area (Å²) in [6.07, 6.45) is 2.47. The Morgan fingerprint density at radius 3 is 2.30 bits per heavy atom. The number of rotatable bonds is 2. The van der Waals surface area contributed by atoms with Gasteiger partial charge in [-0.2, -0.15) is 0 Å². The Balaban J connectivity index is 0.000000286. The number of hydrogen-bond donors (Lipinski definition) is 5. The third-order valence-corrected chi connectivity index (χ3v) is 2.42. The van der Waals surface area contributed by atoms with E-state index in [0.717, 1.165) is 18.5 Å². The molecule has 1 aromatic rings. The maximum atomic E-state index is 9.27. The van der Waals surface area contributed by atoms with Crippen LogP contribution in [0.15, 0.2) is 23.2 Å². The van der Waals surface area contributed by atoms with Crippen LogP contribution in [-0.2, 0) is 16.0 Å². The van der Waals surface area contributed by atoms with Gasteiger partial charge in [-0.1, -0.05) is 6.07 Å². The highest BCUT2D eigenvalue weighted by Crippen LogP contribution is 2.25. The fourth-order valence-corrected chi connectivity index (χ4v) is 1.49. The van der Waals surface area contributed by atoms with Crippen molar-refractivity contribution in [3.63, 3.8) is 0 Å². The number of phenols is 2. The molecule has 1 aliphatic rings. The topological polar surface area (TPSA) is 139 Å². The standard InChI is InChI=1S/C10H12N2O2.C2H2O4/c13-9-2-1-7(4-10(9)14)3-8-5-11-6-12-8;3-1(4)2(5)6/h1-2,4,6,8,13-14H,3,5H2,(H,11,12);(H,3,4)(H,5,6)/t8-;/m1./s1. The van der Waals surface area contributed by atoms with Gasteiger partial charge in [0.25, 0.3) is 0 Å². The number of phenolic OH excluding ortho intramolecular Hbond substituents is 2. The minimum Gasteiger partial charge on any atom is -0.504 e. The van der Waals surface area contributed by atoms with E-state index in [-0.39, 0.29) is 17.5 Å². The van der Waals surface area contributed by atoms with Crippen molar-refractivity contribution in [1.82, 2.24) is 5.32 Å². The minimum atomic E-state index is -1.82. The quantitative estimate of drug-likeness (QED) is 0.373. The van der Waals surface area contributed by atoms with Gasteiger partial charge in [-0.15, -0.1) is 0 Å². The Bertz CT molecular complexity index is 517. The van der Waals surface area contributed by atoms with Crippen molar-refractivity contribution < 1.29 is 30.0 Å². The maximum absolute atomic E-state index is 9.27. The zero-order valence-corrected chi connectivity index (χ0v) is 10.4. The van der Waals surface area contributed by atoms with Crippen molar-refractivity contribution >= 4 is 18.3 Å². The van der Waals surface area contributed by atoms with Gasteiger partial charge >= 0.3 is 11.9 Å². The first-order chi connectivity index (χ1) is 9.40. The van der Waals surface area contributed by atoms with E-state index >= 15 is 0 Å². The number of hydrogen-bond acceptors (Lipinski definition) is 6. The van der Waals surface area contributed by atoms with E-state index in [1.807, 2.05) is 0 Å². The molecule has 8 heteroatoms. The molecule has 0 bridgehead atoms. The van der Waals surface area contributed by atoms with Crippen LogP contribution in [0.3, 0.4) is 0 Å². The average Bonchev–Trinajstić information content (AvgIpc) is 2.87. The monoisotopic (exact) mass is 282 g/mol. The molecule has 20 heavy (non-hydrogen) atoms. The van der Waals surface area contributed by atoms with Gasteiger partial charge in [0.2, 0.25) is 0 Å². The van der Waals surface area contributed by atoms with Gasteiger partial charge in [0.1, 0.15) is 0 Å². The summed E-state index contributed by atoms with van der Waals surface area (Å²) < 4.78 is 0. The molecule has 1 heterocycles. The molecular weight excluding hydrogens is 268 g/mol. The van der Waals surface area contributed by atoms with E-state index in [0.29, 0.717) is 0 Å². The van der Waals surface area contributed by atoms with E-state index in [2.05, 4.69) is 10.3 Å². The molecule has 1 aromatic carbocycles. The number of benzene rings is 1. The second kappa shape index (κ2) is 6.98. The minimum absolute atomic E-state index is 0.0718. The molecule has 0 radical (unpaired) electrons. The summed E-state index contributed by atoms with van der Waals surface area (Å²) in [5.41, 5.74) is 0.978. The van der Waals surface area contributed by atoms with Crippen LogP contribution in [0.1, 0.15) is 5.56 Å². The highest BCUT2D eigenvalue weighted by molar-refractivity contribution is 6.27. The third kappa shape index (κ3) is 4.84. The van der Waals surface area contributed by atoms with E-state index in [1.54, 1.807) is 18.5 Å². The summed E-state index contributed by atoms with van der Waals surface area (Å²) in [5, 5.41) is 36.2. The van der Waals surface area contributed by atoms with Crippen molar-refractivity contribution in [2.45, 2.75) is 12.5 Å². The molecule has 0 amide bonds. The SMILES string of the molecule is O=C(O)C(=O)O.Oc1ccc(C[C@@H]2CNC=N2)cc1O. The number of aliphatic imine (C=N–C) groups is 1. The highest BCUT2D eigenvalue weighted by atomic mass is 16.4. The van der Waals surface area contributed by atoms with Crippen LogP contribution in [0.2, 0.25) is 0 Å². The molecule has 0 saturated heterocycles.